The molecule has 118 valence electrons. The van der Waals surface area contributed by atoms with E-state index in [0.29, 0.717) is 11.8 Å². The van der Waals surface area contributed by atoms with Crippen LogP contribution in [0.25, 0.3) is 0 Å². The topological polar surface area (TPSA) is 46.6 Å². The summed E-state index contributed by atoms with van der Waals surface area (Å²) >= 11 is 0. The second-order valence-electron chi connectivity index (χ2n) is 7.99. The third-order valence-electron chi connectivity index (χ3n) is 6.30. The zero-order valence-electron chi connectivity index (χ0n) is 13.8. The largest absolute Gasteiger partial charge is 0.454 e. The first-order valence-electron chi connectivity index (χ1n) is 8.18. The minimum absolute atomic E-state index is 0.0649. The fourth-order valence-electron chi connectivity index (χ4n) is 5.30. The summed E-state index contributed by atoms with van der Waals surface area (Å²) in [5.74, 6) is 0.925. The maximum Gasteiger partial charge on any atom is 0.310 e. The maximum atomic E-state index is 13.1. The molecule has 3 fully saturated rings. The van der Waals surface area contributed by atoms with Gasteiger partial charge in [0.15, 0.2) is 11.9 Å². The Balaban J connectivity index is 1.99. The molecule has 0 spiro atoms. The first-order chi connectivity index (χ1) is 9.78. The van der Waals surface area contributed by atoms with Gasteiger partial charge >= 0.3 is 5.97 Å². The number of nitrogens with zero attached hydrogens (tertiary/aromatic N) is 1. The van der Waals surface area contributed by atoms with E-state index in [9.17, 15) is 9.59 Å². The first kappa shape index (κ1) is 15.0. The summed E-state index contributed by atoms with van der Waals surface area (Å²) in [6.07, 6.45) is 1.54. The Labute approximate surface area is 127 Å². The zero-order valence-corrected chi connectivity index (χ0v) is 13.8. The van der Waals surface area contributed by atoms with Gasteiger partial charge in [-0.25, -0.2) is 0 Å². The van der Waals surface area contributed by atoms with E-state index >= 15 is 0 Å². The molecule has 0 unspecified atom stereocenters. The van der Waals surface area contributed by atoms with Gasteiger partial charge in [0.1, 0.15) is 0 Å². The number of hydrogen-bond acceptors (Lipinski definition) is 4. The Morgan fingerprint density at radius 2 is 1.95 bits per heavy atom. The average Bonchev–Trinajstić information content (AvgIpc) is 2.85. The van der Waals surface area contributed by atoms with E-state index in [1.165, 1.54) is 0 Å². The van der Waals surface area contributed by atoms with E-state index < -0.39 is 6.10 Å². The molecule has 2 saturated carbocycles. The van der Waals surface area contributed by atoms with E-state index in [2.05, 4.69) is 39.8 Å². The summed E-state index contributed by atoms with van der Waals surface area (Å²) in [5.41, 5.74) is -0.378. The van der Waals surface area contributed by atoms with Gasteiger partial charge in [0.25, 0.3) is 0 Å². The molecule has 0 aromatic heterocycles. The van der Waals surface area contributed by atoms with Crippen molar-refractivity contribution in [2.45, 2.75) is 39.7 Å². The second kappa shape index (κ2) is 4.80. The lowest BCUT2D eigenvalue weighted by molar-refractivity contribution is -0.152. The van der Waals surface area contributed by atoms with E-state index in [-0.39, 0.29) is 34.9 Å². The third-order valence-corrected chi connectivity index (χ3v) is 6.30. The number of ether oxygens (including phenoxy) is 1. The van der Waals surface area contributed by atoms with Crippen LogP contribution in [0.2, 0.25) is 0 Å². The number of hydrogen-bond donors (Lipinski definition) is 0. The summed E-state index contributed by atoms with van der Waals surface area (Å²) in [6.45, 7) is 7.22. The lowest BCUT2D eigenvalue weighted by Crippen LogP contribution is -2.55. The number of carbonyl (C=O) groups excluding carboxylic acids is 2. The van der Waals surface area contributed by atoms with Gasteiger partial charge in [0, 0.05) is 17.9 Å². The lowest BCUT2D eigenvalue weighted by Gasteiger charge is -2.45. The van der Waals surface area contributed by atoms with Crippen LogP contribution < -0.4 is 0 Å². The van der Waals surface area contributed by atoms with Crippen LogP contribution in [0.5, 0.6) is 0 Å². The van der Waals surface area contributed by atoms with Crippen molar-refractivity contribution < 1.29 is 14.3 Å². The fourth-order valence-corrected chi connectivity index (χ4v) is 5.30. The molecular weight excluding hydrogens is 266 g/mol. The number of Topliss-reactive ketones (excluding diaryl/α,β-unsaturated/α-hetero) is 1. The Morgan fingerprint density at radius 1 is 1.29 bits per heavy atom. The molecule has 0 aromatic carbocycles. The van der Waals surface area contributed by atoms with Gasteiger partial charge in [-0.3, -0.25) is 9.59 Å². The highest BCUT2D eigenvalue weighted by Crippen LogP contribution is 2.61. The molecule has 1 saturated heterocycles. The number of esters is 1. The molecule has 2 aliphatic carbocycles. The van der Waals surface area contributed by atoms with Crippen molar-refractivity contribution in [1.82, 2.24) is 4.90 Å². The highest BCUT2D eigenvalue weighted by Gasteiger charge is 2.68. The van der Waals surface area contributed by atoms with Crippen LogP contribution in [-0.4, -0.2) is 43.4 Å². The number of fused-ring (bicyclic) bond motifs is 4. The Morgan fingerprint density at radius 3 is 2.52 bits per heavy atom. The van der Waals surface area contributed by atoms with Crippen LogP contribution in [-0.2, 0) is 14.3 Å². The van der Waals surface area contributed by atoms with Gasteiger partial charge in [0.05, 0.1) is 5.92 Å². The van der Waals surface area contributed by atoms with Crippen molar-refractivity contribution in [3.05, 3.63) is 0 Å². The minimum atomic E-state index is -0.494. The molecule has 1 heterocycles. The number of rotatable bonds is 3. The summed E-state index contributed by atoms with van der Waals surface area (Å²) < 4.78 is 5.52. The molecule has 3 aliphatic rings. The predicted molar refractivity (Wildman–Crippen MR) is 79.6 cm³/mol. The summed E-state index contributed by atoms with van der Waals surface area (Å²) in [5, 5.41) is 0. The molecule has 0 radical (unpaired) electrons. The van der Waals surface area contributed by atoms with E-state index in [4.69, 9.17) is 4.74 Å². The average molecular weight is 293 g/mol. The van der Waals surface area contributed by atoms with Gasteiger partial charge < -0.3 is 9.64 Å². The first-order valence-corrected chi connectivity index (χ1v) is 8.18. The summed E-state index contributed by atoms with van der Waals surface area (Å²) in [6, 6.07) is 0. The van der Waals surface area contributed by atoms with Crippen LogP contribution in [0.4, 0.5) is 0 Å². The van der Waals surface area contributed by atoms with Crippen molar-refractivity contribution in [2.75, 3.05) is 20.6 Å². The Kier molecular flexibility index (Phi) is 3.43. The van der Waals surface area contributed by atoms with Crippen LogP contribution >= 0.6 is 0 Å². The molecule has 1 aliphatic heterocycles. The van der Waals surface area contributed by atoms with Crippen molar-refractivity contribution in [2.24, 2.45) is 35.0 Å². The van der Waals surface area contributed by atoms with Crippen LogP contribution in [0.3, 0.4) is 0 Å². The smallest absolute Gasteiger partial charge is 0.310 e. The molecule has 3 rings (SSSR count). The number of ketones is 1. The van der Waals surface area contributed by atoms with Gasteiger partial charge in [-0.05, 0) is 44.7 Å². The van der Waals surface area contributed by atoms with Crippen molar-refractivity contribution in [1.29, 1.82) is 0 Å². The van der Waals surface area contributed by atoms with Crippen LogP contribution in [0.1, 0.15) is 33.6 Å². The van der Waals surface area contributed by atoms with Gasteiger partial charge in [-0.1, -0.05) is 20.8 Å². The Hall–Kier alpha value is -0.900. The molecule has 0 amide bonds. The second-order valence-corrected chi connectivity index (χ2v) is 7.99. The maximum absolute atomic E-state index is 13.1. The van der Waals surface area contributed by atoms with E-state index in [1.807, 2.05) is 0 Å². The molecule has 6 atom stereocenters. The zero-order chi connectivity index (χ0) is 15.5. The standard InChI is InChI=1S/C17H27NO3/c1-9(2)12-13-11-7-6-10(8-18(4)5)17(11,3)15(19)14(12)21-16(13)20/h9-14H,6-8H2,1-5H3/t10-,11+,12+,13-,14-,17-/m0/s1. The monoisotopic (exact) mass is 293 g/mol. The normalized spacial score (nSPS) is 45.4. The van der Waals surface area contributed by atoms with Gasteiger partial charge in [-0.2, -0.15) is 0 Å². The van der Waals surface area contributed by atoms with Crippen molar-refractivity contribution in [3.8, 4) is 0 Å². The minimum Gasteiger partial charge on any atom is -0.454 e. The summed E-state index contributed by atoms with van der Waals surface area (Å²) in [7, 11) is 4.11. The molecular formula is C17H27NO3. The highest BCUT2D eigenvalue weighted by atomic mass is 16.6. The lowest BCUT2D eigenvalue weighted by atomic mass is 9.55. The number of carbonyl (C=O) groups is 2. The van der Waals surface area contributed by atoms with Crippen LogP contribution in [0, 0.1) is 35.0 Å². The Bertz CT molecular complexity index is 473. The molecule has 0 aromatic rings. The van der Waals surface area contributed by atoms with Crippen LogP contribution in [0.15, 0.2) is 0 Å². The summed E-state index contributed by atoms with van der Waals surface area (Å²) in [4.78, 5) is 27.6. The molecule has 0 N–H and O–H groups in total. The molecule has 4 heteroatoms. The molecule has 4 nitrogen and oxygen atoms in total. The van der Waals surface area contributed by atoms with E-state index in [1.54, 1.807) is 0 Å². The highest BCUT2D eigenvalue weighted by molar-refractivity contribution is 5.97. The van der Waals surface area contributed by atoms with Crippen molar-refractivity contribution >= 4 is 11.8 Å². The predicted octanol–water partition coefficient (Wildman–Crippen LogP) is 1.98. The van der Waals surface area contributed by atoms with Gasteiger partial charge in [0.2, 0.25) is 0 Å². The molecule has 21 heavy (non-hydrogen) atoms. The quantitative estimate of drug-likeness (QED) is 0.747. The molecule has 2 bridgehead atoms. The van der Waals surface area contributed by atoms with Gasteiger partial charge in [-0.15, -0.1) is 0 Å². The van der Waals surface area contributed by atoms with Crippen molar-refractivity contribution in [3.63, 3.8) is 0 Å². The SMILES string of the molecule is CC(C)[C@@H]1[C@H]2C(=O)O[C@@H]1C(=O)[C@@]1(C)[C@H](CN(C)C)CC[C@H]21. The fraction of sp³-hybridized carbons (Fsp3) is 0.882. The van der Waals surface area contributed by atoms with E-state index in [0.717, 1.165) is 19.4 Å². The third kappa shape index (κ3) is 1.91.